The molecule has 166 valence electrons. The lowest BCUT2D eigenvalue weighted by Gasteiger charge is -2.10. The molecule has 0 radical (unpaired) electrons. The van der Waals surface area contributed by atoms with Gasteiger partial charge in [0.1, 0.15) is 4.90 Å². The molecule has 0 aliphatic carbocycles. The number of fused-ring (bicyclic) bond motifs is 1. The van der Waals surface area contributed by atoms with Crippen LogP contribution in [0.15, 0.2) is 52.7 Å². The number of hydrogen-bond acceptors (Lipinski definition) is 7. The molecule has 4 heterocycles. The van der Waals surface area contributed by atoms with Crippen LogP contribution in [0.5, 0.6) is 0 Å². The van der Waals surface area contributed by atoms with Crippen molar-refractivity contribution in [3.63, 3.8) is 0 Å². The van der Waals surface area contributed by atoms with Crippen LogP contribution in [0.4, 0.5) is 17.6 Å². The Hall–Kier alpha value is -3.68. The van der Waals surface area contributed by atoms with Gasteiger partial charge in [-0.1, -0.05) is 6.92 Å². The van der Waals surface area contributed by atoms with Crippen LogP contribution < -0.4 is 5.69 Å². The number of rotatable bonds is 4. The molecule has 0 saturated carbocycles. The first-order valence-corrected chi connectivity index (χ1v) is 10.6. The molecule has 0 fully saturated rings. The maximum Gasteiger partial charge on any atom is 0.434 e. The lowest BCUT2D eigenvalue weighted by molar-refractivity contribution is -0.141. The number of nitrogens with zero attached hydrogens (tertiary/aromatic N) is 6. The number of hydrogen-bond donors (Lipinski definition) is 0. The molecule has 0 N–H and O–H groups in total. The third-order valence-electron chi connectivity index (χ3n) is 4.51. The molecule has 4 rings (SSSR count). The summed E-state index contributed by atoms with van der Waals surface area (Å²) in [6, 6.07) is 3.66. The molecule has 0 bridgehead atoms. The van der Waals surface area contributed by atoms with E-state index in [1.165, 1.54) is 31.5 Å². The van der Waals surface area contributed by atoms with Gasteiger partial charge in [0.05, 0.1) is 11.9 Å². The molecule has 9 nitrogen and oxygen atoms in total. The minimum absolute atomic E-state index is 0.239. The Morgan fingerprint density at radius 3 is 2.38 bits per heavy atom. The van der Waals surface area contributed by atoms with E-state index >= 15 is 0 Å². The van der Waals surface area contributed by atoms with E-state index in [0.29, 0.717) is 20.8 Å². The lowest BCUT2D eigenvalue weighted by Crippen LogP contribution is -2.23. The second-order valence-electron chi connectivity index (χ2n) is 6.51. The Kier molecular flexibility index (Phi) is 5.03. The van der Waals surface area contributed by atoms with Gasteiger partial charge >= 0.3 is 11.9 Å². The number of pyridine rings is 2. The molecular formula is C18H12F4N6O3S. The zero-order chi connectivity index (χ0) is 23.3. The van der Waals surface area contributed by atoms with Crippen molar-refractivity contribution < 1.29 is 26.0 Å². The Labute approximate surface area is 176 Å². The van der Waals surface area contributed by atoms with E-state index in [4.69, 9.17) is 0 Å². The molecule has 0 aromatic carbocycles. The smallest absolute Gasteiger partial charge is 0.246 e. The summed E-state index contributed by atoms with van der Waals surface area (Å²) < 4.78 is 78.6. The minimum atomic E-state index is -4.80. The van der Waals surface area contributed by atoms with E-state index in [2.05, 4.69) is 20.1 Å². The third kappa shape index (κ3) is 3.72. The van der Waals surface area contributed by atoms with Crippen molar-refractivity contribution in [3.8, 4) is 16.9 Å². The monoisotopic (exact) mass is 468 g/mol. The van der Waals surface area contributed by atoms with E-state index in [1.807, 2.05) is 0 Å². The highest BCUT2D eigenvalue weighted by atomic mass is 32.2. The van der Waals surface area contributed by atoms with Crippen molar-refractivity contribution in [2.24, 2.45) is 0 Å². The molecule has 0 aliphatic rings. The maximum absolute atomic E-state index is 13.1. The zero-order valence-corrected chi connectivity index (χ0v) is 16.9. The summed E-state index contributed by atoms with van der Waals surface area (Å²) >= 11 is 0. The van der Waals surface area contributed by atoms with Gasteiger partial charge in [-0.2, -0.15) is 22.2 Å². The highest BCUT2D eigenvalue weighted by molar-refractivity contribution is 7.91. The van der Waals surface area contributed by atoms with Crippen molar-refractivity contribution in [1.29, 1.82) is 0 Å². The highest BCUT2D eigenvalue weighted by Crippen LogP contribution is 2.28. The molecular weight excluding hydrogens is 456 g/mol. The summed E-state index contributed by atoms with van der Waals surface area (Å²) in [5.41, 5.74) is -1.99. The maximum atomic E-state index is 13.1. The van der Waals surface area contributed by atoms with E-state index < -0.39 is 39.2 Å². The molecule has 32 heavy (non-hydrogen) atoms. The van der Waals surface area contributed by atoms with Crippen molar-refractivity contribution >= 4 is 15.5 Å². The fourth-order valence-corrected chi connectivity index (χ4v) is 3.89. The SMILES string of the molecule is CCS(=O)(=O)c1cc(-c2ccc(F)nc2)cnc1-n1nc2cnc(C(F)(F)F)cn2c1=O. The Balaban J connectivity index is 1.95. The quantitative estimate of drug-likeness (QED) is 0.334. The van der Waals surface area contributed by atoms with Gasteiger partial charge in [0.25, 0.3) is 0 Å². The van der Waals surface area contributed by atoms with E-state index in [9.17, 15) is 30.8 Å². The molecule has 0 unspecified atom stereocenters. The Morgan fingerprint density at radius 1 is 1.03 bits per heavy atom. The molecule has 14 heteroatoms. The summed E-state index contributed by atoms with van der Waals surface area (Å²) in [7, 11) is -3.96. The first kappa shape index (κ1) is 21.5. The molecule has 0 saturated heterocycles. The average molecular weight is 468 g/mol. The Bertz CT molecular complexity index is 1490. The third-order valence-corrected chi connectivity index (χ3v) is 6.24. The van der Waals surface area contributed by atoms with Crippen LogP contribution in [-0.2, 0) is 16.0 Å². The predicted octanol–water partition coefficient (Wildman–Crippen LogP) is 2.29. The van der Waals surface area contributed by atoms with E-state index in [1.54, 1.807) is 0 Å². The van der Waals surface area contributed by atoms with Crippen molar-refractivity contribution in [2.75, 3.05) is 5.75 Å². The van der Waals surface area contributed by atoms with Crippen LogP contribution in [0.3, 0.4) is 0 Å². The van der Waals surface area contributed by atoms with Crippen LogP contribution in [0.1, 0.15) is 12.6 Å². The summed E-state index contributed by atoms with van der Waals surface area (Å²) in [6.07, 6.45) is -1.19. The van der Waals surface area contributed by atoms with Gasteiger partial charge in [-0.05, 0) is 18.2 Å². The van der Waals surface area contributed by atoms with Crippen molar-refractivity contribution in [3.05, 3.63) is 65.1 Å². The topological polar surface area (TPSA) is 112 Å². The standard InChI is InChI=1S/C18H12F4N6O3S/c1-2-32(30,31)12-5-11(10-3-4-14(19)24-6-10)7-25-16(12)28-17(29)27-9-13(18(20,21)22)23-8-15(27)26-28/h3-9H,2H2,1H3. The van der Waals surface area contributed by atoms with Gasteiger partial charge in [-0.25, -0.2) is 32.6 Å². The molecule has 0 amide bonds. The van der Waals surface area contributed by atoms with Gasteiger partial charge < -0.3 is 0 Å². The summed E-state index contributed by atoms with van der Waals surface area (Å²) in [5.74, 6) is -1.48. The number of aromatic nitrogens is 6. The molecule has 0 spiro atoms. The van der Waals surface area contributed by atoms with Crippen LogP contribution in [0, 0.1) is 5.95 Å². The normalized spacial score (nSPS) is 12.4. The number of halogens is 4. The minimum Gasteiger partial charge on any atom is -0.246 e. The molecule has 0 aliphatic heterocycles. The number of sulfone groups is 1. The van der Waals surface area contributed by atoms with Gasteiger partial charge in [-0.15, -0.1) is 5.10 Å². The summed E-state index contributed by atoms with van der Waals surface area (Å²) in [6.45, 7) is 1.37. The van der Waals surface area contributed by atoms with E-state index in [0.717, 1.165) is 12.3 Å². The van der Waals surface area contributed by atoms with Gasteiger partial charge in [0.15, 0.2) is 27.0 Å². The van der Waals surface area contributed by atoms with Gasteiger partial charge in [0, 0.05) is 29.7 Å². The second-order valence-corrected chi connectivity index (χ2v) is 8.76. The lowest BCUT2D eigenvalue weighted by atomic mass is 10.1. The van der Waals surface area contributed by atoms with E-state index in [-0.39, 0.29) is 21.9 Å². The summed E-state index contributed by atoms with van der Waals surface area (Å²) in [4.78, 5) is 23.1. The number of alkyl halides is 3. The predicted molar refractivity (Wildman–Crippen MR) is 102 cm³/mol. The van der Waals surface area contributed by atoms with Crippen LogP contribution in [-0.4, -0.2) is 43.3 Å². The van der Waals surface area contributed by atoms with Crippen LogP contribution >= 0.6 is 0 Å². The highest BCUT2D eigenvalue weighted by Gasteiger charge is 2.33. The average Bonchev–Trinajstić information content (AvgIpc) is 3.09. The molecule has 0 atom stereocenters. The van der Waals surface area contributed by atoms with Crippen LogP contribution in [0.25, 0.3) is 22.6 Å². The van der Waals surface area contributed by atoms with Gasteiger partial charge in [-0.3, -0.25) is 0 Å². The molecule has 4 aromatic heterocycles. The van der Waals surface area contributed by atoms with Crippen molar-refractivity contribution in [1.82, 2.24) is 29.1 Å². The molecule has 4 aromatic rings. The van der Waals surface area contributed by atoms with Gasteiger partial charge in [0.2, 0.25) is 5.95 Å². The first-order valence-electron chi connectivity index (χ1n) is 8.91. The first-order chi connectivity index (χ1) is 15.0. The fourth-order valence-electron chi connectivity index (χ4n) is 2.86. The zero-order valence-electron chi connectivity index (χ0n) is 16.1. The van der Waals surface area contributed by atoms with Crippen LogP contribution in [0.2, 0.25) is 0 Å². The second kappa shape index (κ2) is 7.47. The summed E-state index contributed by atoms with van der Waals surface area (Å²) in [5, 5.41) is 3.88. The largest absolute Gasteiger partial charge is 0.434 e. The Morgan fingerprint density at radius 2 is 1.75 bits per heavy atom. The fraction of sp³-hybridized carbons (Fsp3) is 0.167. The van der Waals surface area contributed by atoms with Crippen molar-refractivity contribution in [2.45, 2.75) is 18.0 Å².